The molecule has 0 aromatic heterocycles. The quantitative estimate of drug-likeness (QED) is 0.716. The van der Waals surface area contributed by atoms with E-state index in [0.29, 0.717) is 19.7 Å². The Hall–Kier alpha value is -1.84. The molecule has 110 valence electrons. The molecule has 4 nitrogen and oxygen atoms in total. The van der Waals surface area contributed by atoms with Crippen LogP contribution in [0.3, 0.4) is 0 Å². The lowest BCUT2D eigenvalue weighted by molar-refractivity contribution is -0.0514. The summed E-state index contributed by atoms with van der Waals surface area (Å²) in [5.41, 5.74) is 6.46. The van der Waals surface area contributed by atoms with Gasteiger partial charge in [0.2, 0.25) is 0 Å². The van der Waals surface area contributed by atoms with Gasteiger partial charge in [-0.05, 0) is 24.6 Å². The SMILES string of the molecule is C#CCNC(CN)c1ccc(OC(F)F)c(OCC)c1. The fourth-order valence-electron chi connectivity index (χ4n) is 1.72. The maximum atomic E-state index is 12.3. The first-order valence-electron chi connectivity index (χ1n) is 6.20. The Labute approximate surface area is 117 Å². The predicted molar refractivity (Wildman–Crippen MR) is 72.9 cm³/mol. The molecule has 1 unspecified atom stereocenters. The minimum atomic E-state index is -2.90. The number of halogens is 2. The molecule has 6 heteroatoms. The summed E-state index contributed by atoms with van der Waals surface area (Å²) >= 11 is 0. The van der Waals surface area contributed by atoms with E-state index >= 15 is 0 Å². The maximum Gasteiger partial charge on any atom is 0.387 e. The van der Waals surface area contributed by atoms with Gasteiger partial charge in [0.05, 0.1) is 13.2 Å². The van der Waals surface area contributed by atoms with Crippen LogP contribution in [0.15, 0.2) is 18.2 Å². The smallest absolute Gasteiger partial charge is 0.387 e. The van der Waals surface area contributed by atoms with Gasteiger partial charge in [-0.1, -0.05) is 12.0 Å². The Balaban J connectivity index is 2.98. The summed E-state index contributed by atoms with van der Waals surface area (Å²) in [5, 5.41) is 3.06. The molecule has 0 saturated carbocycles. The van der Waals surface area contributed by atoms with Crippen molar-refractivity contribution >= 4 is 0 Å². The monoisotopic (exact) mass is 284 g/mol. The van der Waals surface area contributed by atoms with Gasteiger partial charge in [-0.2, -0.15) is 8.78 Å². The lowest BCUT2D eigenvalue weighted by Crippen LogP contribution is -2.28. The molecule has 0 saturated heterocycles. The van der Waals surface area contributed by atoms with Crippen molar-refractivity contribution in [1.82, 2.24) is 5.32 Å². The zero-order valence-electron chi connectivity index (χ0n) is 11.2. The highest BCUT2D eigenvalue weighted by Crippen LogP contribution is 2.31. The van der Waals surface area contributed by atoms with E-state index in [1.807, 2.05) is 0 Å². The normalized spacial score (nSPS) is 12.0. The molecular weight excluding hydrogens is 266 g/mol. The molecule has 0 spiro atoms. The first-order chi connectivity index (χ1) is 9.62. The van der Waals surface area contributed by atoms with E-state index in [0.717, 1.165) is 5.56 Å². The zero-order chi connectivity index (χ0) is 15.0. The third-order valence-corrected chi connectivity index (χ3v) is 2.57. The van der Waals surface area contributed by atoms with E-state index in [9.17, 15) is 8.78 Å². The van der Waals surface area contributed by atoms with Crippen molar-refractivity contribution in [2.45, 2.75) is 19.6 Å². The van der Waals surface area contributed by atoms with Crippen molar-refractivity contribution in [3.05, 3.63) is 23.8 Å². The molecule has 0 amide bonds. The van der Waals surface area contributed by atoms with Crippen molar-refractivity contribution < 1.29 is 18.3 Å². The van der Waals surface area contributed by atoms with E-state index in [-0.39, 0.29) is 17.5 Å². The lowest BCUT2D eigenvalue weighted by Gasteiger charge is -2.18. The summed E-state index contributed by atoms with van der Waals surface area (Å²) in [6.45, 7) is -0.113. The first kappa shape index (κ1) is 16.2. The van der Waals surface area contributed by atoms with Crippen molar-refractivity contribution in [1.29, 1.82) is 0 Å². The van der Waals surface area contributed by atoms with Crippen molar-refractivity contribution in [3.63, 3.8) is 0 Å². The van der Waals surface area contributed by atoms with Gasteiger partial charge in [0.15, 0.2) is 11.5 Å². The van der Waals surface area contributed by atoms with Gasteiger partial charge in [0.25, 0.3) is 0 Å². The third kappa shape index (κ3) is 4.68. The largest absolute Gasteiger partial charge is 0.490 e. The average molecular weight is 284 g/mol. The first-order valence-corrected chi connectivity index (χ1v) is 6.20. The number of benzene rings is 1. The molecule has 0 fully saturated rings. The number of hydrogen-bond acceptors (Lipinski definition) is 4. The molecule has 1 rings (SSSR count). The van der Waals surface area contributed by atoms with Crippen LogP contribution in [0.4, 0.5) is 8.78 Å². The molecule has 1 aromatic carbocycles. The van der Waals surface area contributed by atoms with Gasteiger partial charge in [0.1, 0.15) is 0 Å². The van der Waals surface area contributed by atoms with E-state index in [4.69, 9.17) is 16.9 Å². The number of terminal acetylenes is 1. The number of ether oxygens (including phenoxy) is 2. The number of alkyl halides is 2. The second kappa shape index (κ2) is 8.35. The van der Waals surface area contributed by atoms with Crippen LogP contribution in [0.2, 0.25) is 0 Å². The fraction of sp³-hybridized carbons (Fsp3) is 0.429. The molecule has 0 bridgehead atoms. The van der Waals surface area contributed by atoms with Gasteiger partial charge < -0.3 is 15.2 Å². The Bertz CT molecular complexity index is 461. The van der Waals surface area contributed by atoms with E-state index < -0.39 is 6.61 Å². The maximum absolute atomic E-state index is 12.3. The topological polar surface area (TPSA) is 56.5 Å². The average Bonchev–Trinajstić information content (AvgIpc) is 2.42. The van der Waals surface area contributed by atoms with E-state index in [1.165, 1.54) is 6.07 Å². The van der Waals surface area contributed by atoms with E-state index in [2.05, 4.69) is 16.0 Å². The van der Waals surface area contributed by atoms with Crippen LogP contribution >= 0.6 is 0 Å². The highest BCUT2D eigenvalue weighted by Gasteiger charge is 2.15. The highest BCUT2D eigenvalue weighted by atomic mass is 19.3. The summed E-state index contributed by atoms with van der Waals surface area (Å²) in [6.07, 6.45) is 5.18. The van der Waals surface area contributed by atoms with Crippen LogP contribution in [0.25, 0.3) is 0 Å². The molecule has 20 heavy (non-hydrogen) atoms. The number of nitrogens with two attached hydrogens (primary N) is 1. The van der Waals surface area contributed by atoms with Crippen LogP contribution in [-0.4, -0.2) is 26.3 Å². The van der Waals surface area contributed by atoms with Crippen LogP contribution in [-0.2, 0) is 0 Å². The van der Waals surface area contributed by atoms with Crippen molar-refractivity contribution in [2.24, 2.45) is 5.73 Å². The highest BCUT2D eigenvalue weighted by molar-refractivity contribution is 5.44. The molecule has 0 aliphatic rings. The zero-order valence-corrected chi connectivity index (χ0v) is 11.2. The van der Waals surface area contributed by atoms with Gasteiger partial charge in [-0.25, -0.2) is 0 Å². The molecule has 0 aliphatic heterocycles. The fourth-order valence-corrected chi connectivity index (χ4v) is 1.72. The summed E-state index contributed by atoms with van der Waals surface area (Å²) in [7, 11) is 0. The Morgan fingerprint density at radius 2 is 2.15 bits per heavy atom. The van der Waals surface area contributed by atoms with Gasteiger partial charge in [-0.15, -0.1) is 6.42 Å². The minimum absolute atomic E-state index is 0.00155. The number of hydrogen-bond donors (Lipinski definition) is 2. The summed E-state index contributed by atoms with van der Waals surface area (Å²) in [6, 6.07) is 4.54. The summed E-state index contributed by atoms with van der Waals surface area (Å²) in [5.74, 6) is 2.71. The van der Waals surface area contributed by atoms with E-state index in [1.54, 1.807) is 19.1 Å². The summed E-state index contributed by atoms with van der Waals surface area (Å²) in [4.78, 5) is 0. The molecule has 0 heterocycles. The van der Waals surface area contributed by atoms with Gasteiger partial charge >= 0.3 is 6.61 Å². The van der Waals surface area contributed by atoms with Crippen LogP contribution in [0.5, 0.6) is 11.5 Å². The van der Waals surface area contributed by atoms with Gasteiger partial charge in [0, 0.05) is 12.6 Å². The second-order valence-corrected chi connectivity index (χ2v) is 3.89. The Morgan fingerprint density at radius 1 is 1.40 bits per heavy atom. The molecule has 0 radical (unpaired) electrons. The lowest BCUT2D eigenvalue weighted by atomic mass is 10.1. The molecule has 1 atom stereocenters. The molecule has 3 N–H and O–H groups in total. The Morgan fingerprint density at radius 3 is 2.70 bits per heavy atom. The molecule has 0 aliphatic carbocycles. The number of nitrogens with one attached hydrogen (secondary N) is 1. The van der Waals surface area contributed by atoms with Crippen molar-refractivity contribution in [3.8, 4) is 23.8 Å². The second-order valence-electron chi connectivity index (χ2n) is 3.89. The third-order valence-electron chi connectivity index (χ3n) is 2.57. The summed E-state index contributed by atoms with van der Waals surface area (Å²) < 4.78 is 34.3. The Kier molecular flexibility index (Phi) is 6.77. The number of rotatable bonds is 8. The molecule has 1 aromatic rings. The van der Waals surface area contributed by atoms with Crippen molar-refractivity contribution in [2.75, 3.05) is 19.7 Å². The molecular formula is C14H18F2N2O2. The minimum Gasteiger partial charge on any atom is -0.490 e. The van der Waals surface area contributed by atoms with Gasteiger partial charge in [-0.3, -0.25) is 5.32 Å². The standard InChI is InChI=1S/C14H18F2N2O2/c1-3-7-18-11(9-17)10-5-6-12(20-14(15)16)13(8-10)19-4-2/h1,5-6,8,11,14,18H,4,7,9,17H2,2H3. The van der Waals surface area contributed by atoms with Crippen LogP contribution in [0.1, 0.15) is 18.5 Å². The van der Waals surface area contributed by atoms with Crippen LogP contribution in [0, 0.1) is 12.3 Å². The van der Waals surface area contributed by atoms with Crippen LogP contribution < -0.4 is 20.5 Å². The predicted octanol–water partition coefficient (Wildman–Crippen LogP) is 1.91.